The van der Waals surface area contributed by atoms with Crippen molar-refractivity contribution in [2.24, 2.45) is 0 Å². The van der Waals surface area contributed by atoms with E-state index in [9.17, 15) is 9.59 Å². The van der Waals surface area contributed by atoms with Gasteiger partial charge in [0.1, 0.15) is 16.7 Å². The molecule has 3 rings (SSSR count). The van der Waals surface area contributed by atoms with E-state index < -0.39 is 5.97 Å². The highest BCUT2D eigenvalue weighted by atomic mass is 32.2. The number of ether oxygens (including phenoxy) is 1. The molecule has 0 unspecified atom stereocenters. The van der Waals surface area contributed by atoms with E-state index in [1.54, 1.807) is 6.08 Å². The summed E-state index contributed by atoms with van der Waals surface area (Å²) in [5.41, 5.74) is 5.74. The molecule has 1 heterocycles. The van der Waals surface area contributed by atoms with Gasteiger partial charge in [0, 0.05) is 6.54 Å². The van der Waals surface area contributed by atoms with Crippen molar-refractivity contribution < 1.29 is 19.4 Å². The van der Waals surface area contributed by atoms with Gasteiger partial charge in [0.2, 0.25) is 0 Å². The Kier molecular flexibility index (Phi) is 6.95. The molecule has 2 aromatic carbocycles. The molecule has 7 heteroatoms. The van der Waals surface area contributed by atoms with E-state index in [0.29, 0.717) is 15.8 Å². The van der Waals surface area contributed by atoms with Crippen LogP contribution in [-0.4, -0.2) is 32.7 Å². The monoisotopic (exact) mass is 441 g/mol. The van der Waals surface area contributed by atoms with Crippen LogP contribution in [0.2, 0.25) is 0 Å². The van der Waals surface area contributed by atoms with Crippen LogP contribution in [-0.2, 0) is 16.2 Å². The number of aliphatic carboxylic acids is 1. The molecule has 1 aliphatic heterocycles. The number of nitrogens with zero attached hydrogens (tertiary/aromatic N) is 1. The molecule has 1 N–H and O–H groups in total. The summed E-state index contributed by atoms with van der Waals surface area (Å²) in [5, 5.41) is 8.82. The maximum atomic E-state index is 12.5. The number of carboxylic acid groups (broad SMARTS) is 1. The van der Waals surface area contributed by atoms with Crippen LogP contribution < -0.4 is 4.74 Å². The summed E-state index contributed by atoms with van der Waals surface area (Å²) in [7, 11) is 0. The van der Waals surface area contributed by atoms with Crippen LogP contribution in [0.5, 0.6) is 5.75 Å². The van der Waals surface area contributed by atoms with Gasteiger partial charge in [-0.2, -0.15) is 0 Å². The first kappa shape index (κ1) is 22.1. The molecule has 1 aliphatic rings. The molecule has 0 radical (unpaired) electrons. The number of rotatable bonds is 7. The lowest BCUT2D eigenvalue weighted by molar-refractivity contribution is -0.137. The number of amides is 1. The minimum absolute atomic E-state index is 0.0853. The third-order valence-electron chi connectivity index (χ3n) is 4.95. The third kappa shape index (κ3) is 5.29. The molecule has 0 saturated carbocycles. The first-order chi connectivity index (χ1) is 14.2. The van der Waals surface area contributed by atoms with Gasteiger partial charge in [0.15, 0.2) is 0 Å². The summed E-state index contributed by atoms with van der Waals surface area (Å²) in [6.07, 6.45) is 1.63. The summed E-state index contributed by atoms with van der Waals surface area (Å²) >= 11 is 6.40. The molecule has 0 bridgehead atoms. The second kappa shape index (κ2) is 9.45. The largest absolute Gasteiger partial charge is 0.489 e. The van der Waals surface area contributed by atoms with Gasteiger partial charge < -0.3 is 9.84 Å². The molecule has 5 nitrogen and oxygen atoms in total. The Morgan fingerprint density at radius 2 is 1.80 bits per heavy atom. The Morgan fingerprint density at radius 1 is 1.13 bits per heavy atom. The molecule has 30 heavy (non-hydrogen) atoms. The third-order valence-corrected chi connectivity index (χ3v) is 6.33. The zero-order valence-electron chi connectivity index (χ0n) is 17.1. The fraction of sp³-hybridized carbons (Fsp3) is 0.261. The Bertz CT molecular complexity index is 1030. The SMILES string of the molecule is Cc1cc(C)c(COc2ccc(/C=C3/SC(=S)N(CCC(=O)O)C3=O)cc2)cc1C. The van der Waals surface area contributed by atoms with E-state index in [0.717, 1.165) is 16.9 Å². The molecule has 156 valence electrons. The number of hydrogen-bond donors (Lipinski definition) is 1. The minimum atomic E-state index is -0.959. The van der Waals surface area contributed by atoms with Crippen LogP contribution in [0.1, 0.15) is 34.2 Å². The molecule has 0 aromatic heterocycles. The molecule has 1 fully saturated rings. The number of thiocarbonyl (C=S) groups is 1. The summed E-state index contributed by atoms with van der Waals surface area (Å²) < 4.78 is 6.31. The molecular formula is C23H23NO4S2. The van der Waals surface area contributed by atoms with Crippen molar-refractivity contribution in [1.29, 1.82) is 0 Å². The Labute approximate surface area is 185 Å². The normalized spacial score (nSPS) is 15.2. The lowest BCUT2D eigenvalue weighted by Gasteiger charge is -2.12. The van der Waals surface area contributed by atoms with Crippen LogP contribution in [0.25, 0.3) is 6.08 Å². The fourth-order valence-corrected chi connectivity index (χ4v) is 4.36. The minimum Gasteiger partial charge on any atom is -0.489 e. The van der Waals surface area contributed by atoms with Gasteiger partial charge in [-0.1, -0.05) is 48.2 Å². The quantitative estimate of drug-likeness (QED) is 0.489. The van der Waals surface area contributed by atoms with Gasteiger partial charge in [-0.15, -0.1) is 0 Å². The Morgan fingerprint density at radius 3 is 2.47 bits per heavy atom. The number of benzene rings is 2. The van der Waals surface area contributed by atoms with E-state index in [2.05, 4.69) is 32.9 Å². The number of aryl methyl sites for hydroxylation is 3. The van der Waals surface area contributed by atoms with E-state index in [1.807, 2.05) is 24.3 Å². The highest BCUT2D eigenvalue weighted by molar-refractivity contribution is 8.26. The summed E-state index contributed by atoms with van der Waals surface area (Å²) in [6, 6.07) is 11.8. The van der Waals surface area contributed by atoms with Crippen molar-refractivity contribution >= 4 is 46.3 Å². The number of carboxylic acids is 1. The second-order valence-electron chi connectivity index (χ2n) is 7.20. The number of thioether (sulfide) groups is 1. The van der Waals surface area contributed by atoms with Crippen LogP contribution in [0.4, 0.5) is 0 Å². The van der Waals surface area contributed by atoms with Crippen LogP contribution in [0.15, 0.2) is 41.3 Å². The summed E-state index contributed by atoms with van der Waals surface area (Å²) in [6.45, 7) is 6.86. The van der Waals surface area contributed by atoms with Crippen molar-refractivity contribution in [1.82, 2.24) is 4.90 Å². The predicted octanol–water partition coefficient (Wildman–Crippen LogP) is 4.87. The zero-order chi connectivity index (χ0) is 21.8. The van der Waals surface area contributed by atoms with Crippen molar-refractivity contribution in [3.8, 4) is 5.75 Å². The molecular weight excluding hydrogens is 418 g/mol. The molecule has 1 saturated heterocycles. The van der Waals surface area contributed by atoms with Crippen LogP contribution in [0, 0.1) is 20.8 Å². The van der Waals surface area contributed by atoms with Crippen molar-refractivity contribution in [3.63, 3.8) is 0 Å². The standard InChI is InChI=1S/C23H23NO4S2/c1-14-10-16(3)18(11-15(14)2)13-28-19-6-4-17(5-7-19)12-20-22(27)24(23(29)30-20)9-8-21(25)26/h4-7,10-12H,8-9,13H2,1-3H3,(H,25,26)/b20-12+. The number of carbonyl (C=O) groups excluding carboxylic acids is 1. The van der Waals surface area contributed by atoms with Gasteiger partial charge in [0.25, 0.3) is 5.91 Å². The average Bonchev–Trinajstić information content (AvgIpc) is 2.96. The highest BCUT2D eigenvalue weighted by Gasteiger charge is 2.31. The maximum Gasteiger partial charge on any atom is 0.305 e. The summed E-state index contributed by atoms with van der Waals surface area (Å²) in [5.74, 6) is -0.463. The van der Waals surface area contributed by atoms with Gasteiger partial charge >= 0.3 is 5.97 Å². The molecule has 2 aromatic rings. The summed E-state index contributed by atoms with van der Waals surface area (Å²) in [4.78, 5) is 25.1. The predicted molar refractivity (Wildman–Crippen MR) is 124 cm³/mol. The van der Waals surface area contributed by atoms with E-state index in [1.165, 1.54) is 33.4 Å². The number of hydrogen-bond acceptors (Lipinski definition) is 5. The lowest BCUT2D eigenvalue weighted by atomic mass is 10.0. The van der Waals surface area contributed by atoms with Crippen LogP contribution in [0.3, 0.4) is 0 Å². The molecule has 0 spiro atoms. The first-order valence-electron chi connectivity index (χ1n) is 9.51. The van der Waals surface area contributed by atoms with Crippen LogP contribution >= 0.6 is 24.0 Å². The Balaban J connectivity index is 1.64. The van der Waals surface area contributed by atoms with E-state index in [4.69, 9.17) is 22.1 Å². The van der Waals surface area contributed by atoms with Gasteiger partial charge in [-0.3, -0.25) is 14.5 Å². The topological polar surface area (TPSA) is 66.8 Å². The molecule has 0 atom stereocenters. The molecule has 0 aliphatic carbocycles. The molecule has 1 amide bonds. The van der Waals surface area contributed by atoms with Crippen molar-refractivity contribution in [2.75, 3.05) is 6.54 Å². The van der Waals surface area contributed by atoms with Crippen molar-refractivity contribution in [2.45, 2.75) is 33.8 Å². The average molecular weight is 442 g/mol. The second-order valence-corrected chi connectivity index (χ2v) is 8.87. The zero-order valence-corrected chi connectivity index (χ0v) is 18.7. The van der Waals surface area contributed by atoms with Gasteiger partial charge in [-0.25, -0.2) is 0 Å². The lowest BCUT2D eigenvalue weighted by Crippen LogP contribution is -2.30. The van der Waals surface area contributed by atoms with E-state index >= 15 is 0 Å². The maximum absolute atomic E-state index is 12.5. The van der Waals surface area contributed by atoms with Gasteiger partial charge in [0.05, 0.1) is 11.3 Å². The smallest absolute Gasteiger partial charge is 0.305 e. The highest BCUT2D eigenvalue weighted by Crippen LogP contribution is 2.32. The fourth-order valence-electron chi connectivity index (χ4n) is 3.05. The number of carbonyl (C=O) groups is 2. The Hall–Kier alpha value is -2.64. The first-order valence-corrected chi connectivity index (χ1v) is 10.7. The van der Waals surface area contributed by atoms with Gasteiger partial charge in [-0.05, 0) is 66.8 Å². The van der Waals surface area contributed by atoms with E-state index in [-0.39, 0.29) is 18.9 Å². The van der Waals surface area contributed by atoms with Crippen molar-refractivity contribution in [3.05, 3.63) is 69.1 Å².